The summed E-state index contributed by atoms with van der Waals surface area (Å²) < 4.78 is 0. The highest BCUT2D eigenvalue weighted by atomic mass is 16.4. The van der Waals surface area contributed by atoms with Gasteiger partial charge in [0.15, 0.2) is 0 Å². The summed E-state index contributed by atoms with van der Waals surface area (Å²) in [6, 6.07) is 5.47. The average Bonchev–Trinajstić information content (AvgIpc) is 2.27. The summed E-state index contributed by atoms with van der Waals surface area (Å²) in [5.74, 6) is -1.23. The number of amides is 1. The summed E-state index contributed by atoms with van der Waals surface area (Å²) in [5, 5.41) is 8.86. The molecule has 1 N–H and O–H groups in total. The van der Waals surface area contributed by atoms with Gasteiger partial charge in [0.05, 0.1) is 0 Å². The third-order valence-corrected chi connectivity index (χ3v) is 2.81. The Morgan fingerprint density at radius 3 is 2.39 bits per heavy atom. The summed E-state index contributed by atoms with van der Waals surface area (Å²) in [6.07, 6.45) is 0. The molecule has 1 rings (SSSR count). The van der Waals surface area contributed by atoms with Crippen molar-refractivity contribution in [1.29, 1.82) is 0 Å². The van der Waals surface area contributed by atoms with Gasteiger partial charge in [-0.3, -0.25) is 9.59 Å². The number of carbonyl (C=O) groups is 2. The van der Waals surface area contributed by atoms with E-state index >= 15 is 0 Å². The first-order valence-electron chi connectivity index (χ1n) is 5.93. The molecule has 0 aliphatic heterocycles. The van der Waals surface area contributed by atoms with Gasteiger partial charge in [-0.2, -0.15) is 0 Å². The number of aryl methyl sites for hydroxylation is 2. The maximum Gasteiger partial charge on any atom is 0.323 e. The molecular formula is C14H19NO3. The fourth-order valence-corrected chi connectivity index (χ4v) is 1.76. The Bertz CT molecular complexity index is 466. The molecule has 1 aromatic carbocycles. The number of aliphatic carboxylic acids is 1. The zero-order valence-corrected chi connectivity index (χ0v) is 11.2. The van der Waals surface area contributed by atoms with Crippen molar-refractivity contribution in [2.45, 2.75) is 33.7 Å². The number of hydrogen-bond donors (Lipinski definition) is 1. The second-order valence-electron chi connectivity index (χ2n) is 4.74. The molecule has 1 amide bonds. The van der Waals surface area contributed by atoms with E-state index in [2.05, 4.69) is 0 Å². The lowest BCUT2D eigenvalue weighted by Gasteiger charge is -2.25. The molecule has 0 aliphatic rings. The molecule has 0 unspecified atom stereocenters. The Morgan fingerprint density at radius 2 is 1.89 bits per heavy atom. The van der Waals surface area contributed by atoms with Crippen LogP contribution in [0.4, 0.5) is 0 Å². The number of nitrogens with zero attached hydrogens (tertiary/aromatic N) is 1. The summed E-state index contributed by atoms with van der Waals surface area (Å²) in [5.41, 5.74) is 2.43. The minimum atomic E-state index is -0.998. The van der Waals surface area contributed by atoms with Gasteiger partial charge in [0.25, 0.3) is 5.91 Å². The quantitative estimate of drug-likeness (QED) is 0.890. The zero-order chi connectivity index (χ0) is 13.9. The van der Waals surface area contributed by atoms with Gasteiger partial charge >= 0.3 is 5.97 Å². The van der Waals surface area contributed by atoms with E-state index in [4.69, 9.17) is 5.11 Å². The molecule has 0 spiro atoms. The fourth-order valence-electron chi connectivity index (χ4n) is 1.76. The van der Waals surface area contributed by atoms with Gasteiger partial charge in [0, 0.05) is 11.6 Å². The average molecular weight is 249 g/mol. The van der Waals surface area contributed by atoms with Crippen LogP contribution in [-0.2, 0) is 4.79 Å². The van der Waals surface area contributed by atoms with Crippen molar-refractivity contribution in [3.8, 4) is 0 Å². The Morgan fingerprint density at radius 1 is 1.28 bits per heavy atom. The van der Waals surface area contributed by atoms with Crippen LogP contribution in [0.2, 0.25) is 0 Å². The van der Waals surface area contributed by atoms with Crippen molar-refractivity contribution >= 4 is 11.9 Å². The summed E-state index contributed by atoms with van der Waals surface area (Å²) in [6.45, 7) is 7.11. The highest BCUT2D eigenvalue weighted by Gasteiger charge is 2.22. The van der Waals surface area contributed by atoms with Crippen LogP contribution < -0.4 is 0 Å². The smallest absolute Gasteiger partial charge is 0.323 e. The van der Waals surface area contributed by atoms with Crippen molar-refractivity contribution in [2.24, 2.45) is 0 Å². The second-order valence-corrected chi connectivity index (χ2v) is 4.74. The van der Waals surface area contributed by atoms with E-state index in [0.29, 0.717) is 5.56 Å². The van der Waals surface area contributed by atoms with E-state index in [0.717, 1.165) is 11.1 Å². The van der Waals surface area contributed by atoms with Crippen molar-refractivity contribution in [1.82, 2.24) is 4.90 Å². The first-order chi connectivity index (χ1) is 8.32. The van der Waals surface area contributed by atoms with Crippen LogP contribution >= 0.6 is 0 Å². The predicted octanol–water partition coefficient (Wildman–Crippen LogP) is 2.24. The van der Waals surface area contributed by atoms with E-state index in [1.807, 2.05) is 39.8 Å². The van der Waals surface area contributed by atoms with Crippen molar-refractivity contribution in [2.75, 3.05) is 6.54 Å². The minimum Gasteiger partial charge on any atom is -0.480 e. The van der Waals surface area contributed by atoms with Crippen LogP contribution in [0.3, 0.4) is 0 Å². The molecule has 4 heteroatoms. The zero-order valence-electron chi connectivity index (χ0n) is 11.2. The maximum atomic E-state index is 12.4. The lowest BCUT2D eigenvalue weighted by atomic mass is 10.0. The Balaban J connectivity index is 3.09. The largest absolute Gasteiger partial charge is 0.480 e. The molecule has 0 aromatic heterocycles. The van der Waals surface area contributed by atoms with E-state index in [1.54, 1.807) is 6.07 Å². The van der Waals surface area contributed by atoms with Gasteiger partial charge in [-0.1, -0.05) is 17.7 Å². The third kappa shape index (κ3) is 3.32. The third-order valence-electron chi connectivity index (χ3n) is 2.81. The van der Waals surface area contributed by atoms with Crippen LogP contribution in [0.25, 0.3) is 0 Å². The SMILES string of the molecule is Cc1ccc(C)c(C(=O)N(CC(=O)O)C(C)C)c1. The topological polar surface area (TPSA) is 57.6 Å². The van der Waals surface area contributed by atoms with Crippen molar-refractivity contribution < 1.29 is 14.7 Å². The number of carboxylic acid groups (broad SMARTS) is 1. The lowest BCUT2D eigenvalue weighted by molar-refractivity contribution is -0.138. The van der Waals surface area contributed by atoms with Gasteiger partial charge < -0.3 is 10.0 Å². The molecule has 18 heavy (non-hydrogen) atoms. The standard InChI is InChI=1S/C14H19NO3/c1-9(2)15(8-13(16)17)14(18)12-7-10(3)5-6-11(12)4/h5-7,9H,8H2,1-4H3,(H,16,17). The molecule has 0 saturated heterocycles. The van der Waals surface area contributed by atoms with E-state index in [-0.39, 0.29) is 18.5 Å². The normalized spacial score (nSPS) is 10.5. The summed E-state index contributed by atoms with van der Waals surface area (Å²) in [4.78, 5) is 24.5. The van der Waals surface area contributed by atoms with Crippen LogP contribution in [0, 0.1) is 13.8 Å². The second kappa shape index (κ2) is 5.67. The van der Waals surface area contributed by atoms with Gasteiger partial charge in [-0.25, -0.2) is 0 Å². The van der Waals surface area contributed by atoms with Gasteiger partial charge in [-0.15, -0.1) is 0 Å². The lowest BCUT2D eigenvalue weighted by Crippen LogP contribution is -2.41. The van der Waals surface area contributed by atoms with Crippen LogP contribution in [-0.4, -0.2) is 34.5 Å². The molecule has 1 aromatic rings. The first-order valence-corrected chi connectivity index (χ1v) is 5.93. The fraction of sp³-hybridized carbons (Fsp3) is 0.429. The Kier molecular flexibility index (Phi) is 4.48. The van der Waals surface area contributed by atoms with Crippen LogP contribution in [0.1, 0.15) is 35.3 Å². The Labute approximate surface area is 107 Å². The molecule has 0 fully saturated rings. The maximum absolute atomic E-state index is 12.4. The minimum absolute atomic E-state index is 0.145. The van der Waals surface area contributed by atoms with E-state index < -0.39 is 5.97 Å². The molecule has 0 radical (unpaired) electrons. The molecule has 4 nitrogen and oxygen atoms in total. The number of carbonyl (C=O) groups excluding carboxylic acids is 1. The van der Waals surface area contributed by atoms with Crippen LogP contribution in [0.15, 0.2) is 18.2 Å². The number of carboxylic acids is 1. The van der Waals surface area contributed by atoms with Gasteiger partial charge in [0.2, 0.25) is 0 Å². The van der Waals surface area contributed by atoms with E-state index in [1.165, 1.54) is 4.90 Å². The molecule has 0 aliphatic carbocycles. The summed E-state index contributed by atoms with van der Waals surface area (Å²) in [7, 11) is 0. The highest BCUT2D eigenvalue weighted by molar-refractivity contribution is 5.97. The molecular weight excluding hydrogens is 230 g/mol. The van der Waals surface area contributed by atoms with Gasteiger partial charge in [-0.05, 0) is 39.3 Å². The highest BCUT2D eigenvalue weighted by Crippen LogP contribution is 2.15. The monoisotopic (exact) mass is 249 g/mol. The van der Waals surface area contributed by atoms with E-state index in [9.17, 15) is 9.59 Å². The summed E-state index contributed by atoms with van der Waals surface area (Å²) >= 11 is 0. The number of rotatable bonds is 4. The molecule has 0 bridgehead atoms. The number of benzene rings is 1. The Hall–Kier alpha value is -1.84. The first kappa shape index (κ1) is 14.2. The van der Waals surface area contributed by atoms with Crippen molar-refractivity contribution in [3.63, 3.8) is 0 Å². The number of hydrogen-bond acceptors (Lipinski definition) is 2. The predicted molar refractivity (Wildman–Crippen MR) is 69.7 cm³/mol. The van der Waals surface area contributed by atoms with Gasteiger partial charge in [0.1, 0.15) is 6.54 Å². The molecule has 0 saturated carbocycles. The molecule has 0 atom stereocenters. The molecule has 0 heterocycles. The van der Waals surface area contributed by atoms with Crippen molar-refractivity contribution in [3.05, 3.63) is 34.9 Å². The van der Waals surface area contributed by atoms with Crippen LogP contribution in [0.5, 0.6) is 0 Å². The molecule has 98 valence electrons.